The zero-order valence-corrected chi connectivity index (χ0v) is 12.2. The third kappa shape index (κ3) is 3.62. The van der Waals surface area contributed by atoms with Crippen LogP contribution in [0.25, 0.3) is 0 Å². The van der Waals surface area contributed by atoms with Crippen molar-refractivity contribution >= 4 is 15.9 Å². The number of benzene rings is 1. The highest BCUT2D eigenvalue weighted by Crippen LogP contribution is 2.13. The Labute approximate surface area is 116 Å². The zero-order valence-electron chi connectivity index (χ0n) is 10.6. The van der Waals surface area contributed by atoms with Crippen molar-refractivity contribution in [3.8, 4) is 0 Å². The average Bonchev–Trinajstić information content (AvgIpc) is 2.32. The molecule has 0 fully saturated rings. The van der Waals surface area contributed by atoms with E-state index in [1.165, 1.54) is 5.56 Å². The highest BCUT2D eigenvalue weighted by Gasteiger charge is 2.03. The van der Waals surface area contributed by atoms with Gasteiger partial charge in [0.15, 0.2) is 0 Å². The summed E-state index contributed by atoms with van der Waals surface area (Å²) in [5, 5.41) is 3.11. The molecule has 0 saturated carbocycles. The number of halogens is 1. The van der Waals surface area contributed by atoms with E-state index in [0.717, 1.165) is 34.7 Å². The molecular formula is C14H16BrN3. The molecule has 2 rings (SSSR count). The molecule has 94 valence electrons. The Bertz CT molecular complexity index is 523. The predicted octanol–water partition coefficient (Wildman–Crippen LogP) is 2.86. The lowest BCUT2D eigenvalue weighted by atomic mass is 10.1. The Morgan fingerprint density at radius 1 is 1.17 bits per heavy atom. The van der Waals surface area contributed by atoms with Crippen LogP contribution in [0.5, 0.6) is 0 Å². The van der Waals surface area contributed by atoms with Crippen LogP contribution in [0.4, 0.5) is 0 Å². The van der Waals surface area contributed by atoms with E-state index in [1.54, 1.807) is 0 Å². The van der Waals surface area contributed by atoms with Gasteiger partial charge in [-0.2, -0.15) is 0 Å². The largest absolute Gasteiger partial charge is 0.314 e. The van der Waals surface area contributed by atoms with Gasteiger partial charge in [0.05, 0.1) is 5.69 Å². The zero-order chi connectivity index (χ0) is 13.0. The second-order valence-corrected chi connectivity index (χ2v) is 5.17. The van der Waals surface area contributed by atoms with Gasteiger partial charge in [-0.25, -0.2) is 9.97 Å². The molecule has 0 aliphatic rings. The summed E-state index contributed by atoms with van der Waals surface area (Å²) in [6.07, 6.45) is 0.770. The SMILES string of the molecule is CNCc1cc(C)nc(Cc2ccc(Br)cc2)n1. The third-order valence-electron chi connectivity index (χ3n) is 2.59. The van der Waals surface area contributed by atoms with Gasteiger partial charge in [-0.1, -0.05) is 28.1 Å². The standard InChI is InChI=1S/C14H16BrN3/c1-10-7-13(9-16-2)18-14(17-10)8-11-3-5-12(15)6-4-11/h3-7,16H,8-9H2,1-2H3. The summed E-state index contributed by atoms with van der Waals surface area (Å²) >= 11 is 3.44. The maximum absolute atomic E-state index is 4.56. The van der Waals surface area contributed by atoms with Crippen molar-refractivity contribution in [2.45, 2.75) is 19.9 Å². The molecule has 0 aliphatic carbocycles. The van der Waals surface area contributed by atoms with Gasteiger partial charge in [0, 0.05) is 23.1 Å². The van der Waals surface area contributed by atoms with Gasteiger partial charge in [-0.3, -0.25) is 0 Å². The van der Waals surface area contributed by atoms with Crippen molar-refractivity contribution in [2.24, 2.45) is 0 Å². The number of aromatic nitrogens is 2. The molecule has 1 N–H and O–H groups in total. The first kappa shape index (κ1) is 13.2. The van der Waals surface area contributed by atoms with E-state index in [1.807, 2.05) is 32.2 Å². The molecule has 18 heavy (non-hydrogen) atoms. The number of nitrogens with one attached hydrogen (secondary N) is 1. The van der Waals surface area contributed by atoms with E-state index in [9.17, 15) is 0 Å². The van der Waals surface area contributed by atoms with E-state index >= 15 is 0 Å². The van der Waals surface area contributed by atoms with Crippen LogP contribution in [0.3, 0.4) is 0 Å². The van der Waals surface area contributed by atoms with Crippen LogP contribution in [0, 0.1) is 6.92 Å². The van der Waals surface area contributed by atoms with Crippen molar-refractivity contribution in [1.29, 1.82) is 0 Å². The molecule has 0 spiro atoms. The van der Waals surface area contributed by atoms with Crippen molar-refractivity contribution in [3.05, 3.63) is 57.6 Å². The summed E-state index contributed by atoms with van der Waals surface area (Å²) < 4.78 is 1.09. The molecule has 1 heterocycles. The van der Waals surface area contributed by atoms with E-state index in [2.05, 4.69) is 43.3 Å². The van der Waals surface area contributed by atoms with Crippen molar-refractivity contribution in [1.82, 2.24) is 15.3 Å². The van der Waals surface area contributed by atoms with Crippen LogP contribution >= 0.6 is 15.9 Å². The summed E-state index contributed by atoms with van der Waals surface area (Å²) in [7, 11) is 1.92. The highest BCUT2D eigenvalue weighted by molar-refractivity contribution is 9.10. The monoisotopic (exact) mass is 305 g/mol. The lowest BCUT2D eigenvalue weighted by Gasteiger charge is -2.06. The van der Waals surface area contributed by atoms with Crippen molar-refractivity contribution in [2.75, 3.05) is 7.05 Å². The van der Waals surface area contributed by atoms with Crippen LogP contribution in [-0.2, 0) is 13.0 Å². The molecule has 0 bridgehead atoms. The molecule has 0 atom stereocenters. The molecule has 0 radical (unpaired) electrons. The number of hydrogen-bond donors (Lipinski definition) is 1. The van der Waals surface area contributed by atoms with E-state index in [-0.39, 0.29) is 0 Å². The molecule has 1 aromatic heterocycles. The molecule has 2 aromatic rings. The molecule has 0 unspecified atom stereocenters. The maximum atomic E-state index is 4.56. The Kier molecular flexibility index (Phi) is 4.44. The summed E-state index contributed by atoms with van der Waals surface area (Å²) in [5.74, 6) is 0.877. The smallest absolute Gasteiger partial charge is 0.133 e. The minimum Gasteiger partial charge on any atom is -0.314 e. The first-order chi connectivity index (χ1) is 8.67. The number of aryl methyl sites for hydroxylation is 1. The van der Waals surface area contributed by atoms with Gasteiger partial charge < -0.3 is 5.32 Å². The van der Waals surface area contributed by atoms with Gasteiger partial charge >= 0.3 is 0 Å². The van der Waals surface area contributed by atoms with E-state index in [4.69, 9.17) is 0 Å². The van der Waals surface area contributed by atoms with Crippen LogP contribution < -0.4 is 5.32 Å². The predicted molar refractivity (Wildman–Crippen MR) is 76.5 cm³/mol. The van der Waals surface area contributed by atoms with Crippen molar-refractivity contribution in [3.63, 3.8) is 0 Å². The van der Waals surface area contributed by atoms with Crippen LogP contribution in [0.1, 0.15) is 22.8 Å². The van der Waals surface area contributed by atoms with Gasteiger partial charge in [0.25, 0.3) is 0 Å². The van der Waals surface area contributed by atoms with Crippen LogP contribution in [0.15, 0.2) is 34.8 Å². The minimum atomic E-state index is 0.770. The van der Waals surface area contributed by atoms with Gasteiger partial charge in [-0.05, 0) is 37.7 Å². The molecule has 0 saturated heterocycles. The van der Waals surface area contributed by atoms with E-state index < -0.39 is 0 Å². The van der Waals surface area contributed by atoms with Gasteiger partial charge in [0.1, 0.15) is 5.82 Å². The van der Waals surface area contributed by atoms with Crippen molar-refractivity contribution < 1.29 is 0 Å². The third-order valence-corrected chi connectivity index (χ3v) is 3.12. The number of nitrogens with zero attached hydrogens (tertiary/aromatic N) is 2. The van der Waals surface area contributed by atoms with Crippen LogP contribution in [-0.4, -0.2) is 17.0 Å². The topological polar surface area (TPSA) is 37.8 Å². The molecule has 0 aliphatic heterocycles. The lowest BCUT2D eigenvalue weighted by molar-refractivity contribution is 0.767. The summed E-state index contributed by atoms with van der Waals surface area (Å²) in [6, 6.07) is 10.3. The first-order valence-corrected chi connectivity index (χ1v) is 6.69. The normalized spacial score (nSPS) is 10.6. The summed E-state index contributed by atoms with van der Waals surface area (Å²) in [5.41, 5.74) is 3.28. The van der Waals surface area contributed by atoms with E-state index in [0.29, 0.717) is 0 Å². The molecule has 0 amide bonds. The fraction of sp³-hybridized carbons (Fsp3) is 0.286. The van der Waals surface area contributed by atoms with Gasteiger partial charge in [-0.15, -0.1) is 0 Å². The molecule has 4 heteroatoms. The maximum Gasteiger partial charge on any atom is 0.133 e. The quantitative estimate of drug-likeness (QED) is 0.944. The van der Waals surface area contributed by atoms with Crippen LogP contribution in [0.2, 0.25) is 0 Å². The average molecular weight is 306 g/mol. The Balaban J connectivity index is 2.20. The fourth-order valence-corrected chi connectivity index (χ4v) is 2.10. The molecular weight excluding hydrogens is 290 g/mol. The molecule has 1 aromatic carbocycles. The number of rotatable bonds is 4. The minimum absolute atomic E-state index is 0.770. The number of hydrogen-bond acceptors (Lipinski definition) is 3. The Morgan fingerprint density at radius 2 is 1.89 bits per heavy atom. The first-order valence-electron chi connectivity index (χ1n) is 5.90. The Hall–Kier alpha value is -1.26. The highest BCUT2D eigenvalue weighted by atomic mass is 79.9. The van der Waals surface area contributed by atoms with Gasteiger partial charge in [0.2, 0.25) is 0 Å². The molecule has 3 nitrogen and oxygen atoms in total. The second-order valence-electron chi connectivity index (χ2n) is 4.25. The second kappa shape index (κ2) is 6.07. The summed E-state index contributed by atoms with van der Waals surface area (Å²) in [6.45, 7) is 2.78. The lowest BCUT2D eigenvalue weighted by Crippen LogP contribution is -2.10. The Morgan fingerprint density at radius 3 is 2.56 bits per heavy atom. The summed E-state index contributed by atoms with van der Waals surface area (Å²) in [4.78, 5) is 9.04. The fourth-order valence-electron chi connectivity index (χ4n) is 1.84.